The summed E-state index contributed by atoms with van der Waals surface area (Å²) in [6.45, 7) is 6.02. The van der Waals surface area contributed by atoms with Gasteiger partial charge in [0.1, 0.15) is 11.5 Å². The van der Waals surface area contributed by atoms with E-state index in [1.165, 1.54) is 0 Å². The van der Waals surface area contributed by atoms with Crippen LogP contribution in [0, 0.1) is 11.3 Å². The van der Waals surface area contributed by atoms with Crippen LogP contribution in [0.15, 0.2) is 16.5 Å². The van der Waals surface area contributed by atoms with Gasteiger partial charge in [0.2, 0.25) is 0 Å². The average molecular weight is 233 g/mol. The quantitative estimate of drug-likeness (QED) is 0.860. The fraction of sp³-hybridized carbons (Fsp3) is 0.615. The van der Waals surface area contributed by atoms with Crippen LogP contribution in [0.4, 0.5) is 0 Å². The van der Waals surface area contributed by atoms with Crippen molar-refractivity contribution < 1.29 is 4.42 Å². The summed E-state index contributed by atoms with van der Waals surface area (Å²) < 4.78 is 5.79. The van der Waals surface area contributed by atoms with E-state index in [-0.39, 0.29) is 6.04 Å². The minimum Gasteiger partial charge on any atom is -0.464 e. The summed E-state index contributed by atoms with van der Waals surface area (Å²) >= 11 is 0. The third kappa shape index (κ3) is 2.87. The number of hydrogen-bond acceptors (Lipinski definition) is 4. The maximum absolute atomic E-state index is 8.96. The van der Waals surface area contributed by atoms with Crippen LogP contribution in [0.3, 0.4) is 0 Å². The molecule has 1 aromatic rings. The van der Waals surface area contributed by atoms with Crippen LogP contribution in [0.2, 0.25) is 0 Å². The van der Waals surface area contributed by atoms with Crippen LogP contribution in [0.25, 0.3) is 0 Å². The van der Waals surface area contributed by atoms with Crippen molar-refractivity contribution >= 4 is 0 Å². The molecule has 1 aliphatic rings. The van der Waals surface area contributed by atoms with E-state index in [1.807, 2.05) is 12.1 Å². The van der Waals surface area contributed by atoms with Crippen molar-refractivity contribution in [2.45, 2.75) is 25.8 Å². The molecule has 0 radical (unpaired) electrons. The third-order valence-electron chi connectivity index (χ3n) is 3.24. The van der Waals surface area contributed by atoms with Gasteiger partial charge >= 0.3 is 0 Å². The summed E-state index contributed by atoms with van der Waals surface area (Å²) in [5.41, 5.74) is 0. The molecule has 1 N–H and O–H groups in total. The van der Waals surface area contributed by atoms with Crippen molar-refractivity contribution in [3.05, 3.63) is 23.7 Å². The standard InChI is InChI=1S/C13H19N3O/c1-2-11-3-4-13(17-11)12(5-6-14)16-9-7-15-8-10-16/h3-4,12,15H,2,5,7-10H2,1H3/t12-/m0/s1. The highest BCUT2D eigenvalue weighted by Crippen LogP contribution is 2.26. The van der Waals surface area contributed by atoms with Gasteiger partial charge in [-0.1, -0.05) is 6.92 Å². The zero-order valence-corrected chi connectivity index (χ0v) is 10.3. The Labute approximate surface area is 102 Å². The minimum absolute atomic E-state index is 0.113. The van der Waals surface area contributed by atoms with Gasteiger partial charge in [0.05, 0.1) is 18.5 Å². The largest absolute Gasteiger partial charge is 0.464 e. The first-order valence-electron chi connectivity index (χ1n) is 6.25. The van der Waals surface area contributed by atoms with Gasteiger partial charge in [0.25, 0.3) is 0 Å². The van der Waals surface area contributed by atoms with Crippen LogP contribution < -0.4 is 5.32 Å². The van der Waals surface area contributed by atoms with E-state index in [9.17, 15) is 0 Å². The number of piperazine rings is 1. The molecule has 2 rings (SSSR count). The van der Waals surface area contributed by atoms with Crippen molar-refractivity contribution in [3.63, 3.8) is 0 Å². The van der Waals surface area contributed by atoms with Gasteiger partial charge in [-0.25, -0.2) is 0 Å². The van der Waals surface area contributed by atoms with E-state index < -0.39 is 0 Å². The Balaban J connectivity index is 2.12. The first-order chi connectivity index (χ1) is 8.35. The predicted molar refractivity (Wildman–Crippen MR) is 65.5 cm³/mol. The number of nitrogens with zero attached hydrogens (tertiary/aromatic N) is 2. The summed E-state index contributed by atoms with van der Waals surface area (Å²) in [4.78, 5) is 2.33. The maximum atomic E-state index is 8.96. The number of nitrogens with one attached hydrogen (secondary N) is 1. The molecule has 0 saturated carbocycles. The zero-order chi connectivity index (χ0) is 12.1. The second-order valence-corrected chi connectivity index (χ2v) is 4.32. The highest BCUT2D eigenvalue weighted by atomic mass is 16.3. The fourth-order valence-electron chi connectivity index (χ4n) is 2.25. The lowest BCUT2D eigenvalue weighted by atomic mass is 10.1. The van der Waals surface area contributed by atoms with E-state index in [1.54, 1.807) is 0 Å². The molecule has 0 aromatic carbocycles. The summed E-state index contributed by atoms with van der Waals surface area (Å²) in [5, 5.41) is 12.3. The van der Waals surface area contributed by atoms with E-state index in [0.717, 1.165) is 44.1 Å². The molecule has 17 heavy (non-hydrogen) atoms. The first kappa shape index (κ1) is 12.2. The Kier molecular flexibility index (Phi) is 4.18. The summed E-state index contributed by atoms with van der Waals surface area (Å²) in [6, 6.07) is 6.41. The van der Waals surface area contributed by atoms with E-state index >= 15 is 0 Å². The fourth-order valence-corrected chi connectivity index (χ4v) is 2.25. The van der Waals surface area contributed by atoms with E-state index in [2.05, 4.69) is 23.2 Å². The van der Waals surface area contributed by atoms with Crippen molar-refractivity contribution in [1.82, 2.24) is 10.2 Å². The molecule has 0 bridgehead atoms. The van der Waals surface area contributed by atoms with Crippen LogP contribution in [0.1, 0.15) is 30.9 Å². The molecule has 0 spiro atoms. The molecule has 1 saturated heterocycles. The smallest absolute Gasteiger partial charge is 0.122 e. The molecule has 92 valence electrons. The molecule has 1 aromatic heterocycles. The number of nitriles is 1. The van der Waals surface area contributed by atoms with Crippen LogP contribution in [-0.4, -0.2) is 31.1 Å². The Morgan fingerprint density at radius 2 is 2.24 bits per heavy atom. The molecule has 0 unspecified atom stereocenters. The first-order valence-corrected chi connectivity index (χ1v) is 6.25. The van der Waals surface area contributed by atoms with Crippen molar-refractivity contribution in [1.29, 1.82) is 5.26 Å². The number of hydrogen-bond donors (Lipinski definition) is 1. The van der Waals surface area contributed by atoms with Crippen LogP contribution >= 0.6 is 0 Å². The minimum atomic E-state index is 0.113. The summed E-state index contributed by atoms with van der Waals surface area (Å²) in [7, 11) is 0. The van der Waals surface area contributed by atoms with Crippen molar-refractivity contribution in [2.24, 2.45) is 0 Å². The van der Waals surface area contributed by atoms with Crippen LogP contribution in [-0.2, 0) is 6.42 Å². The molecule has 1 aliphatic heterocycles. The highest BCUT2D eigenvalue weighted by Gasteiger charge is 2.24. The lowest BCUT2D eigenvalue weighted by Gasteiger charge is -2.32. The number of aryl methyl sites for hydroxylation is 1. The van der Waals surface area contributed by atoms with Gasteiger partial charge in [-0.05, 0) is 12.1 Å². The second kappa shape index (κ2) is 5.85. The molecular formula is C13H19N3O. The molecule has 0 aliphatic carbocycles. The van der Waals surface area contributed by atoms with Crippen molar-refractivity contribution in [2.75, 3.05) is 26.2 Å². The molecule has 4 nitrogen and oxygen atoms in total. The topological polar surface area (TPSA) is 52.2 Å². The summed E-state index contributed by atoms with van der Waals surface area (Å²) in [5.74, 6) is 1.93. The Hall–Kier alpha value is -1.31. The number of furan rings is 1. The number of rotatable bonds is 4. The van der Waals surface area contributed by atoms with E-state index in [4.69, 9.17) is 9.68 Å². The Morgan fingerprint density at radius 3 is 2.82 bits per heavy atom. The second-order valence-electron chi connectivity index (χ2n) is 4.32. The molecule has 1 fully saturated rings. The predicted octanol–water partition coefficient (Wildman–Crippen LogP) is 1.70. The van der Waals surface area contributed by atoms with E-state index in [0.29, 0.717) is 6.42 Å². The Morgan fingerprint density at radius 1 is 1.47 bits per heavy atom. The van der Waals surface area contributed by atoms with Gasteiger partial charge in [0, 0.05) is 32.6 Å². The third-order valence-corrected chi connectivity index (χ3v) is 3.24. The summed E-state index contributed by atoms with van der Waals surface area (Å²) in [6.07, 6.45) is 1.40. The normalized spacial score (nSPS) is 18.8. The molecule has 0 amide bonds. The van der Waals surface area contributed by atoms with Crippen LogP contribution in [0.5, 0.6) is 0 Å². The Bertz CT molecular complexity index is 388. The van der Waals surface area contributed by atoms with Gasteiger partial charge in [-0.2, -0.15) is 5.26 Å². The van der Waals surface area contributed by atoms with Gasteiger partial charge in [-0.15, -0.1) is 0 Å². The van der Waals surface area contributed by atoms with Gasteiger partial charge < -0.3 is 9.73 Å². The highest BCUT2D eigenvalue weighted by molar-refractivity contribution is 5.12. The monoisotopic (exact) mass is 233 g/mol. The van der Waals surface area contributed by atoms with Gasteiger partial charge in [0.15, 0.2) is 0 Å². The lowest BCUT2D eigenvalue weighted by Crippen LogP contribution is -2.45. The SMILES string of the molecule is CCc1ccc([C@H](CC#N)N2CCNCC2)o1. The lowest BCUT2D eigenvalue weighted by molar-refractivity contribution is 0.155. The molecule has 1 atom stereocenters. The molecular weight excluding hydrogens is 214 g/mol. The molecule has 4 heteroatoms. The zero-order valence-electron chi connectivity index (χ0n) is 10.3. The maximum Gasteiger partial charge on any atom is 0.122 e. The average Bonchev–Trinajstić information content (AvgIpc) is 2.85. The van der Waals surface area contributed by atoms with Crippen molar-refractivity contribution in [3.8, 4) is 6.07 Å². The molecule has 2 heterocycles. The van der Waals surface area contributed by atoms with Gasteiger partial charge in [-0.3, -0.25) is 4.90 Å².